The lowest BCUT2D eigenvalue weighted by Crippen LogP contribution is -2.24. The van der Waals surface area contributed by atoms with Gasteiger partial charge in [-0.15, -0.1) is 6.58 Å². The summed E-state index contributed by atoms with van der Waals surface area (Å²) in [6, 6.07) is 0. The minimum absolute atomic E-state index is 0. The molecule has 0 N–H and O–H groups in total. The van der Waals surface area contributed by atoms with E-state index in [4.69, 9.17) is 0 Å². The first kappa shape index (κ1) is 17.3. The largest absolute Gasteiger partial charge is 0.103 e. The molecule has 23 heavy (non-hydrogen) atoms. The van der Waals surface area contributed by atoms with Crippen LogP contribution in [0.3, 0.4) is 0 Å². The van der Waals surface area contributed by atoms with E-state index in [1.807, 2.05) is 0 Å². The Morgan fingerprint density at radius 2 is 1.00 bits per heavy atom. The van der Waals surface area contributed by atoms with Crippen molar-refractivity contribution >= 4 is 0 Å². The van der Waals surface area contributed by atoms with Crippen LogP contribution in [0.5, 0.6) is 0 Å². The third kappa shape index (κ3) is 4.97. The van der Waals surface area contributed by atoms with Gasteiger partial charge in [0, 0.05) is 4.28 Å². The molecule has 0 nitrogen and oxygen atoms in total. The van der Waals surface area contributed by atoms with Crippen LogP contribution in [0.15, 0.2) is 24.8 Å². The van der Waals surface area contributed by atoms with Crippen molar-refractivity contribution < 1.29 is 4.28 Å². The van der Waals surface area contributed by atoms with Crippen molar-refractivity contribution in [3.8, 4) is 0 Å². The summed E-state index contributed by atoms with van der Waals surface area (Å²) >= 11 is 0. The second-order valence-corrected chi connectivity index (χ2v) is 8.99. The highest BCUT2D eigenvalue weighted by Crippen LogP contribution is 2.41. The zero-order valence-corrected chi connectivity index (χ0v) is 15.4. The molecule has 0 atom stereocenters. The minimum Gasteiger partial charge on any atom is -0.103 e. The first-order valence-corrected chi connectivity index (χ1v) is 10.6. The van der Waals surface area contributed by atoms with Crippen LogP contribution in [0.4, 0.5) is 0 Å². The maximum atomic E-state index is 3.96. The quantitative estimate of drug-likeness (QED) is 0.462. The van der Waals surface area contributed by atoms with Crippen LogP contribution in [0.1, 0.15) is 88.3 Å². The van der Waals surface area contributed by atoms with E-state index >= 15 is 0 Å². The zero-order valence-electron chi connectivity index (χ0n) is 15.4. The molecule has 0 saturated heterocycles. The lowest BCUT2D eigenvalue weighted by molar-refractivity contribution is 0.160. The summed E-state index contributed by atoms with van der Waals surface area (Å²) in [6.07, 6.45) is 24.9. The SMILES string of the molecule is C=CC1CCC(/C=C/C2CCC(C3CCC(C)CC3)CC2)CC1.[HH].[HH].[HH]. The Morgan fingerprint density at radius 3 is 1.48 bits per heavy atom. The summed E-state index contributed by atoms with van der Waals surface area (Å²) in [4.78, 5) is 0. The van der Waals surface area contributed by atoms with Gasteiger partial charge in [0.1, 0.15) is 0 Å². The van der Waals surface area contributed by atoms with Gasteiger partial charge in [-0.1, -0.05) is 38.0 Å². The molecule has 0 unspecified atom stereocenters. The van der Waals surface area contributed by atoms with Crippen LogP contribution in [-0.4, -0.2) is 0 Å². The summed E-state index contributed by atoms with van der Waals surface area (Å²) in [7, 11) is 0. The van der Waals surface area contributed by atoms with Crippen LogP contribution < -0.4 is 0 Å². The molecule has 0 aliphatic heterocycles. The molecule has 3 aliphatic carbocycles. The van der Waals surface area contributed by atoms with Gasteiger partial charge in [-0.2, -0.15) is 0 Å². The van der Waals surface area contributed by atoms with E-state index in [1.54, 1.807) is 0 Å². The van der Waals surface area contributed by atoms with Crippen molar-refractivity contribution in [1.29, 1.82) is 0 Å². The monoisotopic (exact) mass is 320 g/mol. The summed E-state index contributed by atoms with van der Waals surface area (Å²) in [5.74, 6) is 5.70. The lowest BCUT2D eigenvalue weighted by atomic mass is 9.69. The third-order valence-electron chi connectivity index (χ3n) is 7.35. The first-order chi connectivity index (χ1) is 11.2. The number of hydrogen-bond acceptors (Lipinski definition) is 0. The van der Waals surface area contributed by atoms with Crippen LogP contribution in [0, 0.1) is 35.5 Å². The van der Waals surface area contributed by atoms with E-state index in [2.05, 4.69) is 31.7 Å². The fraction of sp³-hybridized carbons (Fsp3) is 0.826. The highest BCUT2D eigenvalue weighted by Gasteiger charge is 2.29. The van der Waals surface area contributed by atoms with Gasteiger partial charge in [0.25, 0.3) is 0 Å². The Balaban J connectivity index is 0.00000208. The first-order valence-electron chi connectivity index (χ1n) is 10.6. The van der Waals surface area contributed by atoms with Gasteiger partial charge in [-0.25, -0.2) is 0 Å². The molecule has 0 spiro atoms. The fourth-order valence-corrected chi connectivity index (χ4v) is 5.45. The number of rotatable bonds is 4. The smallest absolute Gasteiger partial charge is 0 e. The van der Waals surface area contributed by atoms with Gasteiger partial charge in [-0.3, -0.25) is 0 Å². The van der Waals surface area contributed by atoms with Gasteiger partial charge in [-0.05, 0) is 99.7 Å². The second-order valence-electron chi connectivity index (χ2n) is 8.99. The molecule has 3 rings (SSSR count). The Bertz CT molecular complexity index is 382. The van der Waals surface area contributed by atoms with Crippen LogP contribution in [-0.2, 0) is 0 Å². The Hall–Kier alpha value is -0.520. The van der Waals surface area contributed by atoms with Crippen molar-refractivity contribution in [3.63, 3.8) is 0 Å². The molecule has 0 amide bonds. The Kier molecular flexibility index (Phi) is 6.43. The van der Waals surface area contributed by atoms with E-state index in [-0.39, 0.29) is 4.28 Å². The summed E-state index contributed by atoms with van der Waals surface area (Å²) in [5, 5.41) is 0. The number of hydrogen-bond donors (Lipinski definition) is 0. The maximum Gasteiger partial charge on any atom is 0 e. The Labute approximate surface area is 149 Å². The van der Waals surface area contributed by atoms with E-state index in [1.165, 1.54) is 77.0 Å². The molecule has 136 valence electrons. The molecular formula is C23H44. The molecule has 0 aromatic carbocycles. The van der Waals surface area contributed by atoms with Crippen LogP contribution in [0.25, 0.3) is 0 Å². The highest BCUT2D eigenvalue weighted by molar-refractivity contribution is 4.98. The summed E-state index contributed by atoms with van der Waals surface area (Å²) < 4.78 is 0. The van der Waals surface area contributed by atoms with Crippen LogP contribution in [0.2, 0.25) is 0 Å². The van der Waals surface area contributed by atoms with Gasteiger partial charge >= 0.3 is 0 Å². The summed E-state index contributed by atoms with van der Waals surface area (Å²) in [5.41, 5.74) is 0. The van der Waals surface area contributed by atoms with Crippen molar-refractivity contribution in [2.75, 3.05) is 0 Å². The van der Waals surface area contributed by atoms with Crippen molar-refractivity contribution in [3.05, 3.63) is 24.8 Å². The van der Waals surface area contributed by atoms with Gasteiger partial charge < -0.3 is 0 Å². The van der Waals surface area contributed by atoms with E-state index in [0.29, 0.717) is 0 Å². The molecule has 3 fully saturated rings. The van der Waals surface area contributed by atoms with E-state index in [0.717, 1.165) is 35.5 Å². The normalized spacial score (nSPS) is 42.7. The highest BCUT2D eigenvalue weighted by atomic mass is 14.3. The van der Waals surface area contributed by atoms with E-state index < -0.39 is 0 Å². The fourth-order valence-electron chi connectivity index (χ4n) is 5.45. The van der Waals surface area contributed by atoms with Gasteiger partial charge in [0.05, 0.1) is 0 Å². The molecule has 0 aromatic heterocycles. The topological polar surface area (TPSA) is 0 Å². The molecular weight excluding hydrogens is 276 g/mol. The number of allylic oxidation sites excluding steroid dienone is 3. The predicted octanol–water partition coefficient (Wildman–Crippen LogP) is 7.91. The van der Waals surface area contributed by atoms with E-state index in [9.17, 15) is 0 Å². The van der Waals surface area contributed by atoms with Crippen molar-refractivity contribution in [2.45, 2.75) is 84.0 Å². The minimum atomic E-state index is 0. The van der Waals surface area contributed by atoms with Crippen LogP contribution >= 0.6 is 0 Å². The molecule has 0 heteroatoms. The molecule has 0 aromatic rings. The van der Waals surface area contributed by atoms with Crippen molar-refractivity contribution in [2.24, 2.45) is 35.5 Å². The molecule has 3 saturated carbocycles. The van der Waals surface area contributed by atoms with Crippen molar-refractivity contribution in [1.82, 2.24) is 0 Å². The molecule has 3 aliphatic rings. The molecule has 0 bridgehead atoms. The van der Waals surface area contributed by atoms with Gasteiger partial charge in [0.15, 0.2) is 0 Å². The third-order valence-corrected chi connectivity index (χ3v) is 7.35. The Morgan fingerprint density at radius 1 is 0.609 bits per heavy atom. The average molecular weight is 321 g/mol. The zero-order chi connectivity index (χ0) is 16.1. The predicted molar refractivity (Wildman–Crippen MR) is 108 cm³/mol. The summed E-state index contributed by atoms with van der Waals surface area (Å²) in [6.45, 7) is 6.41. The van der Waals surface area contributed by atoms with Gasteiger partial charge in [0.2, 0.25) is 0 Å². The average Bonchev–Trinajstić information content (AvgIpc) is 2.61. The molecule has 0 radical (unpaired) electrons. The maximum absolute atomic E-state index is 3.96. The molecule has 0 heterocycles. The second kappa shape index (κ2) is 8.54. The standard InChI is InChI=1S/C23H38.3H2/c1-3-19-6-8-20(9-7-19)10-11-21-12-16-23(17-13-21)22-14-4-18(2)5-15-22;;;/h3,10-11,18-23H,1,4-9,12-17H2,2H3;3*1H/b11-10+;;;. The lowest BCUT2D eigenvalue weighted by Gasteiger charge is -2.36.